The minimum absolute atomic E-state index is 0.0630. The van der Waals surface area contributed by atoms with Crippen molar-refractivity contribution in [1.82, 2.24) is 10.2 Å². The van der Waals surface area contributed by atoms with E-state index in [1.165, 1.54) is 6.26 Å². The van der Waals surface area contributed by atoms with Gasteiger partial charge in [0.25, 0.3) is 5.91 Å². The molecule has 0 unspecified atom stereocenters. The van der Waals surface area contributed by atoms with Gasteiger partial charge in [-0.25, -0.2) is 0 Å². The smallest absolute Gasteiger partial charge is 0.286 e. The predicted octanol–water partition coefficient (Wildman–Crippen LogP) is 2.28. The summed E-state index contributed by atoms with van der Waals surface area (Å²) in [6.07, 6.45) is 3.17. The Kier molecular flexibility index (Phi) is 6.25. The van der Waals surface area contributed by atoms with E-state index in [0.29, 0.717) is 13.1 Å². The molecule has 1 saturated heterocycles. The summed E-state index contributed by atoms with van der Waals surface area (Å²) in [6.45, 7) is 1.28. The third kappa shape index (κ3) is 5.20. The standard InChI is InChI=1S/C20H23N3O4/c24-18(10-11-21-20(26)17-9-5-13-27-17)23-12-4-6-15(14-23)19(25)22-16-7-2-1-3-8-16/h1-3,5,7-9,13,15H,4,6,10-12,14H2,(H,21,26)(H,22,25)/t15-/m1/s1. The molecule has 2 aromatic rings. The minimum atomic E-state index is -0.341. The highest BCUT2D eigenvalue weighted by molar-refractivity contribution is 5.93. The fourth-order valence-electron chi connectivity index (χ4n) is 3.12. The Morgan fingerprint density at radius 2 is 1.93 bits per heavy atom. The Morgan fingerprint density at radius 3 is 2.67 bits per heavy atom. The first kappa shape index (κ1) is 18.7. The number of piperidine rings is 1. The first-order valence-corrected chi connectivity index (χ1v) is 9.09. The molecule has 1 atom stereocenters. The molecule has 1 fully saturated rings. The van der Waals surface area contributed by atoms with Crippen molar-refractivity contribution < 1.29 is 18.8 Å². The molecule has 1 aliphatic heterocycles. The molecule has 3 rings (SSSR count). The van der Waals surface area contributed by atoms with Crippen molar-refractivity contribution in [2.45, 2.75) is 19.3 Å². The molecule has 0 radical (unpaired) electrons. The fraction of sp³-hybridized carbons (Fsp3) is 0.350. The van der Waals surface area contributed by atoms with E-state index in [2.05, 4.69) is 10.6 Å². The predicted molar refractivity (Wildman–Crippen MR) is 100 cm³/mol. The zero-order chi connectivity index (χ0) is 19.1. The quantitative estimate of drug-likeness (QED) is 0.817. The van der Waals surface area contributed by atoms with Crippen LogP contribution in [-0.2, 0) is 9.59 Å². The van der Waals surface area contributed by atoms with Crippen LogP contribution in [0.2, 0.25) is 0 Å². The third-order valence-electron chi connectivity index (χ3n) is 4.56. The molecule has 0 aliphatic carbocycles. The summed E-state index contributed by atoms with van der Waals surface area (Å²) in [4.78, 5) is 38.4. The average Bonchev–Trinajstić information content (AvgIpc) is 3.23. The van der Waals surface area contributed by atoms with Gasteiger partial charge >= 0.3 is 0 Å². The highest BCUT2D eigenvalue weighted by Crippen LogP contribution is 2.19. The molecular formula is C20H23N3O4. The van der Waals surface area contributed by atoms with Gasteiger partial charge in [-0.2, -0.15) is 0 Å². The first-order valence-electron chi connectivity index (χ1n) is 9.09. The molecule has 7 nitrogen and oxygen atoms in total. The Morgan fingerprint density at radius 1 is 1.11 bits per heavy atom. The number of furan rings is 1. The molecule has 27 heavy (non-hydrogen) atoms. The van der Waals surface area contributed by atoms with Crippen LogP contribution in [0, 0.1) is 5.92 Å². The zero-order valence-corrected chi connectivity index (χ0v) is 15.0. The summed E-state index contributed by atoms with van der Waals surface area (Å²) in [7, 11) is 0. The molecule has 0 bridgehead atoms. The van der Waals surface area contributed by atoms with Crippen LogP contribution < -0.4 is 10.6 Å². The summed E-state index contributed by atoms with van der Waals surface area (Å²) < 4.78 is 5.01. The summed E-state index contributed by atoms with van der Waals surface area (Å²) in [5.41, 5.74) is 0.756. The van der Waals surface area contributed by atoms with Crippen molar-refractivity contribution in [3.63, 3.8) is 0 Å². The number of amides is 3. The molecule has 0 saturated carbocycles. The molecular weight excluding hydrogens is 346 g/mol. The second-order valence-electron chi connectivity index (χ2n) is 6.52. The van der Waals surface area contributed by atoms with Crippen LogP contribution in [0.1, 0.15) is 29.8 Å². The monoisotopic (exact) mass is 369 g/mol. The fourth-order valence-corrected chi connectivity index (χ4v) is 3.12. The van der Waals surface area contributed by atoms with Gasteiger partial charge in [0.2, 0.25) is 11.8 Å². The lowest BCUT2D eigenvalue weighted by Crippen LogP contribution is -2.44. The number of hydrogen-bond donors (Lipinski definition) is 2. The van der Waals surface area contributed by atoms with Gasteiger partial charge in [-0.15, -0.1) is 0 Å². The molecule has 7 heteroatoms. The van der Waals surface area contributed by atoms with Crippen LogP contribution in [0.25, 0.3) is 0 Å². The van der Waals surface area contributed by atoms with Crippen LogP contribution in [0.15, 0.2) is 53.1 Å². The normalized spacial score (nSPS) is 16.6. The van der Waals surface area contributed by atoms with Crippen LogP contribution in [0.4, 0.5) is 5.69 Å². The number of carbonyl (C=O) groups excluding carboxylic acids is 3. The van der Waals surface area contributed by atoms with E-state index < -0.39 is 0 Å². The lowest BCUT2D eigenvalue weighted by molar-refractivity contribution is -0.134. The maximum atomic E-state index is 12.5. The van der Waals surface area contributed by atoms with Crippen LogP contribution in [-0.4, -0.2) is 42.3 Å². The minimum Gasteiger partial charge on any atom is -0.459 e. The molecule has 142 valence electrons. The van der Waals surface area contributed by atoms with Gasteiger partial charge in [0.1, 0.15) is 0 Å². The van der Waals surface area contributed by atoms with Gasteiger partial charge in [0.15, 0.2) is 5.76 Å². The highest BCUT2D eigenvalue weighted by atomic mass is 16.3. The highest BCUT2D eigenvalue weighted by Gasteiger charge is 2.28. The molecule has 0 spiro atoms. The van der Waals surface area contributed by atoms with E-state index >= 15 is 0 Å². The number of carbonyl (C=O) groups is 3. The number of para-hydroxylation sites is 1. The van der Waals surface area contributed by atoms with Crippen LogP contribution in [0.3, 0.4) is 0 Å². The van der Waals surface area contributed by atoms with Crippen molar-refractivity contribution in [3.8, 4) is 0 Å². The topological polar surface area (TPSA) is 91.7 Å². The molecule has 2 N–H and O–H groups in total. The van der Waals surface area contributed by atoms with Gasteiger partial charge in [-0.05, 0) is 37.1 Å². The van der Waals surface area contributed by atoms with Gasteiger partial charge in [0.05, 0.1) is 12.2 Å². The Balaban J connectivity index is 1.45. The van der Waals surface area contributed by atoms with Crippen molar-refractivity contribution in [2.75, 3.05) is 25.0 Å². The summed E-state index contributed by atoms with van der Waals surface area (Å²) >= 11 is 0. The number of benzene rings is 1. The van der Waals surface area contributed by atoms with Crippen molar-refractivity contribution in [2.24, 2.45) is 5.92 Å². The zero-order valence-electron chi connectivity index (χ0n) is 15.0. The maximum absolute atomic E-state index is 12.5. The molecule has 2 heterocycles. The van der Waals surface area contributed by atoms with E-state index in [0.717, 1.165) is 18.5 Å². The van der Waals surface area contributed by atoms with Crippen molar-refractivity contribution >= 4 is 23.4 Å². The number of hydrogen-bond acceptors (Lipinski definition) is 4. The van der Waals surface area contributed by atoms with Gasteiger partial charge in [-0.3, -0.25) is 14.4 Å². The molecule has 1 aromatic carbocycles. The van der Waals surface area contributed by atoms with E-state index in [-0.39, 0.29) is 42.4 Å². The maximum Gasteiger partial charge on any atom is 0.286 e. The van der Waals surface area contributed by atoms with Crippen molar-refractivity contribution in [1.29, 1.82) is 0 Å². The second-order valence-corrected chi connectivity index (χ2v) is 6.52. The van der Waals surface area contributed by atoms with E-state index in [1.807, 2.05) is 30.3 Å². The number of nitrogens with one attached hydrogen (secondary N) is 2. The summed E-state index contributed by atoms with van der Waals surface area (Å²) in [6, 6.07) is 12.5. The van der Waals surface area contributed by atoms with Gasteiger partial charge < -0.3 is 20.0 Å². The summed E-state index contributed by atoms with van der Waals surface area (Å²) in [5.74, 6) is -0.470. The Hall–Kier alpha value is -3.09. The SMILES string of the molecule is O=C(NCCC(=O)N1CCC[C@@H](C(=O)Nc2ccccc2)C1)c1ccco1. The van der Waals surface area contributed by atoms with E-state index in [9.17, 15) is 14.4 Å². The Bertz CT molecular complexity index is 774. The summed E-state index contributed by atoms with van der Waals surface area (Å²) in [5, 5.41) is 5.56. The Labute approximate surface area is 157 Å². The van der Waals surface area contributed by atoms with Crippen molar-refractivity contribution in [3.05, 3.63) is 54.5 Å². The first-order chi connectivity index (χ1) is 13.1. The van der Waals surface area contributed by atoms with Gasteiger partial charge in [0, 0.05) is 31.7 Å². The number of nitrogens with zero attached hydrogens (tertiary/aromatic N) is 1. The average molecular weight is 369 g/mol. The molecule has 1 aromatic heterocycles. The molecule has 3 amide bonds. The lowest BCUT2D eigenvalue weighted by Gasteiger charge is -2.32. The van der Waals surface area contributed by atoms with Crippen LogP contribution in [0.5, 0.6) is 0 Å². The number of rotatable bonds is 6. The van der Waals surface area contributed by atoms with Crippen LogP contribution >= 0.6 is 0 Å². The number of likely N-dealkylation sites (tertiary alicyclic amines) is 1. The van der Waals surface area contributed by atoms with Gasteiger partial charge in [-0.1, -0.05) is 18.2 Å². The van der Waals surface area contributed by atoms with E-state index in [4.69, 9.17) is 4.42 Å². The third-order valence-corrected chi connectivity index (χ3v) is 4.56. The molecule has 1 aliphatic rings. The van der Waals surface area contributed by atoms with E-state index in [1.54, 1.807) is 17.0 Å². The number of anilines is 1. The largest absolute Gasteiger partial charge is 0.459 e. The second kappa shape index (κ2) is 9.02. The lowest BCUT2D eigenvalue weighted by atomic mass is 9.96.